The second-order valence-corrected chi connectivity index (χ2v) is 6.90. The molecule has 3 heteroatoms. The first-order valence-corrected chi connectivity index (χ1v) is 8.47. The molecule has 0 saturated carbocycles. The summed E-state index contributed by atoms with van der Waals surface area (Å²) in [7, 11) is 0. The Morgan fingerprint density at radius 3 is 2.43 bits per heavy atom. The maximum Gasteiger partial charge on any atom is 0.148 e. The van der Waals surface area contributed by atoms with Crippen molar-refractivity contribution in [2.45, 2.75) is 0 Å². The Hall–Kier alpha value is -1.33. The standard InChI is InChI=1S/C18H10BrIO/c19-14-10-9-12(11-5-2-1-3-6-11)18-16(14)13-7-4-8-15(20)17(13)21-18/h1-10H. The van der Waals surface area contributed by atoms with E-state index in [4.69, 9.17) is 4.42 Å². The molecule has 0 aliphatic rings. The number of benzene rings is 3. The van der Waals surface area contributed by atoms with Gasteiger partial charge in [-0.1, -0.05) is 58.4 Å². The number of hydrogen-bond acceptors (Lipinski definition) is 1. The van der Waals surface area contributed by atoms with Crippen molar-refractivity contribution in [3.05, 3.63) is 68.7 Å². The van der Waals surface area contributed by atoms with Gasteiger partial charge in [0.2, 0.25) is 0 Å². The van der Waals surface area contributed by atoms with Crippen molar-refractivity contribution in [3.8, 4) is 11.1 Å². The van der Waals surface area contributed by atoms with Crippen LogP contribution >= 0.6 is 38.5 Å². The fourth-order valence-corrected chi connectivity index (χ4v) is 3.81. The quantitative estimate of drug-likeness (QED) is 0.298. The van der Waals surface area contributed by atoms with Gasteiger partial charge in [-0.2, -0.15) is 0 Å². The van der Waals surface area contributed by atoms with Crippen LogP contribution in [0, 0.1) is 3.57 Å². The second-order valence-electron chi connectivity index (χ2n) is 4.88. The molecule has 4 aromatic rings. The molecule has 1 aromatic heterocycles. The molecule has 0 saturated heterocycles. The fraction of sp³-hybridized carbons (Fsp3) is 0. The van der Waals surface area contributed by atoms with Crippen molar-refractivity contribution in [2.24, 2.45) is 0 Å². The van der Waals surface area contributed by atoms with Gasteiger partial charge < -0.3 is 4.42 Å². The Balaban J connectivity index is 2.18. The minimum absolute atomic E-state index is 0.940. The van der Waals surface area contributed by atoms with Gasteiger partial charge in [0.15, 0.2) is 0 Å². The molecule has 0 N–H and O–H groups in total. The predicted octanol–water partition coefficient (Wildman–Crippen LogP) is 6.62. The first kappa shape index (κ1) is 13.3. The van der Waals surface area contributed by atoms with Crippen molar-refractivity contribution in [1.82, 2.24) is 0 Å². The number of rotatable bonds is 1. The lowest BCUT2D eigenvalue weighted by molar-refractivity contribution is 0.667. The van der Waals surface area contributed by atoms with Crippen molar-refractivity contribution < 1.29 is 4.42 Å². The first-order chi connectivity index (χ1) is 10.3. The van der Waals surface area contributed by atoms with Gasteiger partial charge in [-0.3, -0.25) is 0 Å². The van der Waals surface area contributed by atoms with E-state index in [0.29, 0.717) is 0 Å². The molecule has 0 spiro atoms. The van der Waals surface area contributed by atoms with Crippen LogP contribution in [0.4, 0.5) is 0 Å². The van der Waals surface area contributed by atoms with Gasteiger partial charge in [0.1, 0.15) is 11.2 Å². The zero-order valence-corrected chi connectivity index (χ0v) is 14.7. The van der Waals surface area contributed by atoms with E-state index in [1.165, 1.54) is 5.56 Å². The molecule has 3 aromatic carbocycles. The normalized spacial score (nSPS) is 11.3. The van der Waals surface area contributed by atoms with Crippen molar-refractivity contribution in [3.63, 3.8) is 0 Å². The summed E-state index contributed by atoms with van der Waals surface area (Å²) in [6.07, 6.45) is 0. The minimum Gasteiger partial charge on any atom is -0.454 e. The smallest absolute Gasteiger partial charge is 0.148 e. The van der Waals surface area contributed by atoms with Crippen LogP contribution in [0.1, 0.15) is 0 Å². The Bertz CT molecular complexity index is 957. The summed E-state index contributed by atoms with van der Waals surface area (Å²) in [4.78, 5) is 0. The summed E-state index contributed by atoms with van der Waals surface area (Å²) < 4.78 is 8.41. The zero-order chi connectivity index (χ0) is 14.4. The minimum atomic E-state index is 0.940. The SMILES string of the molecule is Brc1ccc(-c2ccccc2)c2oc3c(I)cccc3c12. The van der Waals surface area contributed by atoms with Crippen LogP contribution in [0.25, 0.3) is 33.1 Å². The van der Waals surface area contributed by atoms with Gasteiger partial charge in [-0.15, -0.1) is 0 Å². The lowest BCUT2D eigenvalue weighted by atomic mass is 10.0. The Labute approximate surface area is 144 Å². The lowest BCUT2D eigenvalue weighted by Crippen LogP contribution is -1.79. The van der Waals surface area contributed by atoms with Crippen LogP contribution < -0.4 is 0 Å². The third-order valence-corrected chi connectivity index (χ3v) is 5.14. The van der Waals surface area contributed by atoms with E-state index in [-0.39, 0.29) is 0 Å². The van der Waals surface area contributed by atoms with Gasteiger partial charge in [-0.25, -0.2) is 0 Å². The Morgan fingerprint density at radius 2 is 1.62 bits per heavy atom. The summed E-state index contributed by atoms with van der Waals surface area (Å²) in [5.41, 5.74) is 4.19. The third-order valence-electron chi connectivity index (χ3n) is 3.63. The highest BCUT2D eigenvalue weighted by Crippen LogP contribution is 2.40. The molecule has 0 fully saturated rings. The molecular formula is C18H10BrIO. The number of hydrogen-bond donors (Lipinski definition) is 0. The predicted molar refractivity (Wildman–Crippen MR) is 99.6 cm³/mol. The van der Waals surface area contributed by atoms with Crippen molar-refractivity contribution in [2.75, 3.05) is 0 Å². The van der Waals surface area contributed by atoms with Crippen LogP contribution in [-0.4, -0.2) is 0 Å². The molecule has 4 rings (SSSR count). The highest BCUT2D eigenvalue weighted by atomic mass is 127. The molecule has 0 aliphatic heterocycles. The monoisotopic (exact) mass is 448 g/mol. The molecule has 0 radical (unpaired) electrons. The topological polar surface area (TPSA) is 13.1 Å². The molecule has 0 atom stereocenters. The maximum absolute atomic E-state index is 6.21. The second kappa shape index (κ2) is 5.14. The van der Waals surface area contributed by atoms with Crippen LogP contribution in [0.15, 0.2) is 69.6 Å². The molecule has 102 valence electrons. The van der Waals surface area contributed by atoms with E-state index in [9.17, 15) is 0 Å². The molecule has 0 bridgehead atoms. The number of furan rings is 1. The summed E-state index contributed by atoms with van der Waals surface area (Å²) in [5.74, 6) is 0. The summed E-state index contributed by atoms with van der Waals surface area (Å²) in [6.45, 7) is 0. The average molecular weight is 449 g/mol. The molecule has 1 heterocycles. The van der Waals surface area contributed by atoms with Gasteiger partial charge in [0, 0.05) is 20.8 Å². The van der Waals surface area contributed by atoms with E-state index in [0.717, 1.165) is 35.5 Å². The number of fused-ring (bicyclic) bond motifs is 3. The molecule has 1 nitrogen and oxygen atoms in total. The van der Waals surface area contributed by atoms with E-state index in [2.05, 4.69) is 93.1 Å². The van der Waals surface area contributed by atoms with E-state index < -0.39 is 0 Å². The average Bonchev–Trinajstić information content (AvgIpc) is 2.90. The van der Waals surface area contributed by atoms with Crippen LogP contribution in [0.3, 0.4) is 0 Å². The van der Waals surface area contributed by atoms with Gasteiger partial charge >= 0.3 is 0 Å². The summed E-state index contributed by atoms with van der Waals surface area (Å²) in [6, 6.07) is 20.8. The third kappa shape index (κ3) is 2.10. The molecule has 0 aliphatic carbocycles. The van der Waals surface area contributed by atoms with Gasteiger partial charge in [-0.05, 0) is 46.4 Å². The lowest BCUT2D eigenvalue weighted by Gasteiger charge is -2.03. The molecule has 0 unspecified atom stereocenters. The van der Waals surface area contributed by atoms with Crippen LogP contribution in [0.5, 0.6) is 0 Å². The highest BCUT2D eigenvalue weighted by Gasteiger charge is 2.16. The van der Waals surface area contributed by atoms with E-state index in [1.54, 1.807) is 0 Å². The maximum atomic E-state index is 6.21. The van der Waals surface area contributed by atoms with Gasteiger partial charge in [0.25, 0.3) is 0 Å². The largest absolute Gasteiger partial charge is 0.454 e. The number of para-hydroxylation sites is 1. The van der Waals surface area contributed by atoms with Crippen LogP contribution in [0.2, 0.25) is 0 Å². The van der Waals surface area contributed by atoms with E-state index in [1.807, 2.05) is 6.07 Å². The molecule has 21 heavy (non-hydrogen) atoms. The fourth-order valence-electron chi connectivity index (χ4n) is 2.67. The Kier molecular flexibility index (Phi) is 3.27. The molecular weight excluding hydrogens is 439 g/mol. The first-order valence-electron chi connectivity index (χ1n) is 6.60. The van der Waals surface area contributed by atoms with E-state index >= 15 is 0 Å². The van der Waals surface area contributed by atoms with Crippen molar-refractivity contribution >= 4 is 60.5 Å². The summed E-state index contributed by atoms with van der Waals surface area (Å²) in [5, 5.41) is 2.30. The Morgan fingerprint density at radius 1 is 0.810 bits per heavy atom. The van der Waals surface area contributed by atoms with Crippen molar-refractivity contribution in [1.29, 1.82) is 0 Å². The molecule has 0 amide bonds. The zero-order valence-electron chi connectivity index (χ0n) is 10.9. The summed E-state index contributed by atoms with van der Waals surface area (Å²) >= 11 is 5.99. The number of halogens is 2. The highest BCUT2D eigenvalue weighted by molar-refractivity contribution is 14.1. The van der Waals surface area contributed by atoms with Crippen LogP contribution in [-0.2, 0) is 0 Å². The van der Waals surface area contributed by atoms with Gasteiger partial charge in [0.05, 0.1) is 3.57 Å².